The lowest BCUT2D eigenvalue weighted by molar-refractivity contribution is -0.00263. The van der Waals surface area contributed by atoms with E-state index in [-0.39, 0.29) is 0 Å². The van der Waals surface area contributed by atoms with E-state index in [1.54, 1.807) is 0 Å². The van der Waals surface area contributed by atoms with Crippen LogP contribution in [0.15, 0.2) is 46.9 Å². The normalized spacial score (nSPS) is 11.6. The van der Waals surface area contributed by atoms with E-state index in [2.05, 4.69) is 24.8 Å². The Bertz CT molecular complexity index is 817. The van der Waals surface area contributed by atoms with Gasteiger partial charge in [-0.15, -0.1) is 0 Å². The molecule has 1 aromatic heterocycles. The van der Waals surface area contributed by atoms with Crippen molar-refractivity contribution in [2.75, 3.05) is 52.0 Å². The highest BCUT2D eigenvalue weighted by Crippen LogP contribution is 2.29. The lowest BCUT2D eigenvalue weighted by Gasteiger charge is -2.07. The fourth-order valence-electron chi connectivity index (χ4n) is 2.78. The number of hydrogen-bond acceptors (Lipinski definition) is 6. The molecule has 0 aliphatic carbocycles. The van der Waals surface area contributed by atoms with Crippen LogP contribution in [0.25, 0.3) is 21.9 Å². The van der Waals surface area contributed by atoms with Gasteiger partial charge in [0.15, 0.2) is 0 Å². The largest absolute Gasteiger partial charge is 0.456 e. The third-order valence-corrected chi connectivity index (χ3v) is 4.24. The SMILES string of the molecule is SCCOCCOCCOCCOCc1ccc2oc3ccccc3c2c1. The summed E-state index contributed by atoms with van der Waals surface area (Å²) in [6.45, 7) is 4.61. The summed E-state index contributed by atoms with van der Waals surface area (Å²) in [6, 6.07) is 14.2. The Morgan fingerprint density at radius 2 is 1.30 bits per heavy atom. The second-order valence-corrected chi connectivity index (χ2v) is 6.49. The van der Waals surface area contributed by atoms with Crippen molar-refractivity contribution < 1.29 is 23.4 Å². The minimum absolute atomic E-state index is 0.551. The first kappa shape index (κ1) is 20.2. The minimum Gasteiger partial charge on any atom is -0.456 e. The first-order valence-electron chi connectivity index (χ1n) is 9.20. The van der Waals surface area contributed by atoms with Crippen LogP contribution in [0, 0.1) is 0 Å². The maximum atomic E-state index is 5.84. The van der Waals surface area contributed by atoms with Gasteiger partial charge in [-0.2, -0.15) is 12.6 Å². The Morgan fingerprint density at radius 3 is 2.04 bits per heavy atom. The van der Waals surface area contributed by atoms with Crippen LogP contribution < -0.4 is 0 Å². The monoisotopic (exact) mass is 390 g/mol. The lowest BCUT2D eigenvalue weighted by atomic mass is 10.1. The highest BCUT2D eigenvalue weighted by Gasteiger charge is 2.06. The lowest BCUT2D eigenvalue weighted by Crippen LogP contribution is -2.12. The van der Waals surface area contributed by atoms with Gasteiger partial charge in [0.05, 0.1) is 52.9 Å². The summed E-state index contributed by atoms with van der Waals surface area (Å²) in [6.07, 6.45) is 0. The molecule has 0 saturated heterocycles. The molecule has 6 heteroatoms. The molecule has 1 heterocycles. The predicted octanol–water partition coefficient (Wildman–Crippen LogP) is 4.08. The average Bonchev–Trinajstić information content (AvgIpc) is 3.07. The van der Waals surface area contributed by atoms with Crippen LogP contribution in [0.2, 0.25) is 0 Å². The van der Waals surface area contributed by atoms with Gasteiger partial charge in [-0.1, -0.05) is 24.3 Å². The average molecular weight is 391 g/mol. The van der Waals surface area contributed by atoms with E-state index >= 15 is 0 Å². The topological polar surface area (TPSA) is 50.1 Å². The summed E-state index contributed by atoms with van der Waals surface area (Å²) in [5, 5.41) is 2.26. The molecule has 27 heavy (non-hydrogen) atoms. The number of thiol groups is 1. The van der Waals surface area contributed by atoms with Crippen LogP contribution in [0.1, 0.15) is 5.56 Å². The highest BCUT2D eigenvalue weighted by atomic mass is 32.1. The predicted molar refractivity (Wildman–Crippen MR) is 110 cm³/mol. The summed E-state index contributed by atoms with van der Waals surface area (Å²) in [4.78, 5) is 0. The van der Waals surface area contributed by atoms with Gasteiger partial charge in [-0.25, -0.2) is 0 Å². The van der Waals surface area contributed by atoms with Crippen molar-refractivity contribution in [3.05, 3.63) is 48.0 Å². The third kappa shape index (κ3) is 6.23. The molecule has 146 valence electrons. The zero-order valence-electron chi connectivity index (χ0n) is 15.4. The van der Waals surface area contributed by atoms with Gasteiger partial charge in [0.2, 0.25) is 0 Å². The third-order valence-electron chi connectivity index (χ3n) is 4.06. The molecule has 0 fully saturated rings. The van der Waals surface area contributed by atoms with Crippen molar-refractivity contribution >= 4 is 34.6 Å². The first-order valence-corrected chi connectivity index (χ1v) is 9.84. The van der Waals surface area contributed by atoms with Crippen molar-refractivity contribution in [2.24, 2.45) is 0 Å². The van der Waals surface area contributed by atoms with Crippen LogP contribution in [-0.4, -0.2) is 52.0 Å². The van der Waals surface area contributed by atoms with Crippen LogP contribution in [0.5, 0.6) is 0 Å². The van der Waals surface area contributed by atoms with E-state index in [1.807, 2.05) is 30.3 Å². The maximum absolute atomic E-state index is 5.84. The molecule has 0 aliphatic rings. The minimum atomic E-state index is 0.551. The van der Waals surface area contributed by atoms with E-state index in [9.17, 15) is 0 Å². The molecule has 5 nitrogen and oxygen atoms in total. The maximum Gasteiger partial charge on any atom is 0.135 e. The number of fused-ring (bicyclic) bond motifs is 3. The van der Waals surface area contributed by atoms with Crippen molar-refractivity contribution in [3.8, 4) is 0 Å². The molecule has 2 aromatic carbocycles. The van der Waals surface area contributed by atoms with Crippen LogP contribution >= 0.6 is 12.6 Å². The second-order valence-electron chi connectivity index (χ2n) is 6.04. The van der Waals surface area contributed by atoms with Gasteiger partial charge in [-0.3, -0.25) is 0 Å². The van der Waals surface area contributed by atoms with Crippen LogP contribution in [-0.2, 0) is 25.6 Å². The zero-order valence-corrected chi connectivity index (χ0v) is 16.3. The molecule has 3 aromatic rings. The standard InChI is InChI=1S/C21H26O5S/c27-14-13-24-10-9-22-7-8-23-11-12-25-16-17-5-6-21-19(15-17)18-3-1-2-4-20(18)26-21/h1-6,15,27H,7-14,16H2. The zero-order chi connectivity index (χ0) is 18.7. The Labute approximate surface area is 164 Å². The number of hydrogen-bond donors (Lipinski definition) is 1. The molecule has 0 radical (unpaired) electrons. The number of rotatable bonds is 13. The fourth-order valence-corrected chi connectivity index (χ4v) is 2.91. The van der Waals surface area contributed by atoms with Gasteiger partial charge < -0.3 is 23.4 Å². The van der Waals surface area contributed by atoms with E-state index in [0.29, 0.717) is 52.9 Å². The van der Waals surface area contributed by atoms with Gasteiger partial charge in [0, 0.05) is 16.5 Å². The Kier molecular flexibility index (Phi) is 8.45. The molecular formula is C21H26O5S. The van der Waals surface area contributed by atoms with Crippen molar-refractivity contribution in [1.29, 1.82) is 0 Å². The summed E-state index contributed by atoms with van der Waals surface area (Å²) in [5.41, 5.74) is 2.94. The first-order chi connectivity index (χ1) is 13.4. The van der Waals surface area contributed by atoms with Crippen LogP contribution in [0.4, 0.5) is 0 Å². The van der Waals surface area contributed by atoms with Crippen molar-refractivity contribution in [3.63, 3.8) is 0 Å². The molecule has 0 N–H and O–H groups in total. The number of benzene rings is 2. The molecule has 3 rings (SSSR count). The Balaban J connectivity index is 1.30. The molecule has 0 bridgehead atoms. The molecule has 0 atom stereocenters. The summed E-state index contributed by atoms with van der Waals surface area (Å²) < 4.78 is 27.7. The Morgan fingerprint density at radius 1 is 0.667 bits per heavy atom. The van der Waals surface area contributed by atoms with Gasteiger partial charge in [0.1, 0.15) is 11.2 Å². The molecule has 0 spiro atoms. The smallest absolute Gasteiger partial charge is 0.135 e. The number of ether oxygens (including phenoxy) is 4. The van der Waals surface area contributed by atoms with Crippen molar-refractivity contribution in [1.82, 2.24) is 0 Å². The summed E-state index contributed by atoms with van der Waals surface area (Å²) >= 11 is 4.07. The molecule has 0 amide bonds. The van der Waals surface area contributed by atoms with E-state index in [4.69, 9.17) is 23.4 Å². The van der Waals surface area contributed by atoms with Gasteiger partial charge in [0.25, 0.3) is 0 Å². The fraction of sp³-hybridized carbons (Fsp3) is 0.429. The summed E-state index contributed by atoms with van der Waals surface area (Å²) in [5.74, 6) is 0.732. The quantitative estimate of drug-likeness (QED) is 0.352. The molecule has 0 unspecified atom stereocenters. The van der Waals surface area contributed by atoms with Gasteiger partial charge >= 0.3 is 0 Å². The number of para-hydroxylation sites is 1. The Hall–Kier alpha value is -1.57. The number of furan rings is 1. The highest BCUT2D eigenvalue weighted by molar-refractivity contribution is 7.80. The second kappa shape index (κ2) is 11.3. The van der Waals surface area contributed by atoms with E-state index in [0.717, 1.165) is 33.3 Å². The summed E-state index contributed by atoms with van der Waals surface area (Å²) in [7, 11) is 0. The van der Waals surface area contributed by atoms with Crippen molar-refractivity contribution in [2.45, 2.75) is 6.61 Å². The van der Waals surface area contributed by atoms with E-state index < -0.39 is 0 Å². The molecule has 0 saturated carbocycles. The van der Waals surface area contributed by atoms with Gasteiger partial charge in [-0.05, 0) is 23.8 Å². The molecule has 0 aliphatic heterocycles. The molecular weight excluding hydrogens is 364 g/mol. The van der Waals surface area contributed by atoms with E-state index in [1.165, 1.54) is 0 Å². The van der Waals surface area contributed by atoms with Crippen LogP contribution in [0.3, 0.4) is 0 Å².